The number of halogens is 2. The van der Waals surface area contributed by atoms with Crippen LogP contribution >= 0.6 is 15.9 Å². The molecule has 2 aromatic rings. The molecule has 0 radical (unpaired) electrons. The summed E-state index contributed by atoms with van der Waals surface area (Å²) in [6.45, 7) is 9.99. The molecule has 0 N–H and O–H groups in total. The summed E-state index contributed by atoms with van der Waals surface area (Å²) in [6.07, 6.45) is 3.12. The van der Waals surface area contributed by atoms with Gasteiger partial charge < -0.3 is 19.1 Å². The first-order valence-electron chi connectivity index (χ1n) is 14.9. The van der Waals surface area contributed by atoms with Crippen LogP contribution in [0.4, 0.5) is 4.39 Å². The smallest absolute Gasteiger partial charge is 0.175 e. The molecule has 0 bridgehead atoms. The molecule has 43 heavy (non-hydrogen) atoms. The lowest BCUT2D eigenvalue weighted by atomic mass is 9.63. The average Bonchev–Trinajstić information content (AvgIpc) is 2.91. The number of benzene rings is 2. The zero-order valence-corrected chi connectivity index (χ0v) is 27.5. The van der Waals surface area contributed by atoms with Crippen molar-refractivity contribution in [1.82, 2.24) is 4.90 Å². The molecular weight excluding hydrogens is 613 g/mol. The Hall–Kier alpha value is -2.97. The van der Waals surface area contributed by atoms with Crippen LogP contribution in [0.25, 0.3) is 0 Å². The Morgan fingerprint density at radius 2 is 1.56 bits per heavy atom. The van der Waals surface area contributed by atoms with Crippen LogP contribution in [0.15, 0.2) is 63.4 Å². The number of nitrogens with zero attached hydrogens (tertiary/aromatic N) is 1. The number of ether oxygens (including phenoxy) is 3. The third kappa shape index (κ3) is 6.46. The summed E-state index contributed by atoms with van der Waals surface area (Å²) in [7, 11) is 3.26. The van der Waals surface area contributed by atoms with Crippen LogP contribution in [-0.2, 0) is 20.9 Å². The average molecular weight is 655 g/mol. The first kappa shape index (κ1) is 31.5. The van der Waals surface area contributed by atoms with Crippen LogP contribution in [0.3, 0.4) is 0 Å². The van der Waals surface area contributed by atoms with Crippen molar-refractivity contribution in [3.05, 3.63) is 80.4 Å². The van der Waals surface area contributed by atoms with Gasteiger partial charge in [0.25, 0.3) is 0 Å². The topological polar surface area (TPSA) is 65.1 Å². The third-order valence-corrected chi connectivity index (χ3v) is 9.20. The molecular formula is C35H41BrFNO5. The number of rotatable bonds is 9. The summed E-state index contributed by atoms with van der Waals surface area (Å²) in [4.78, 5) is 30.4. The van der Waals surface area contributed by atoms with Crippen molar-refractivity contribution < 1.29 is 28.2 Å². The highest BCUT2D eigenvalue weighted by Crippen LogP contribution is 2.55. The van der Waals surface area contributed by atoms with Crippen molar-refractivity contribution >= 4 is 27.5 Å². The fourth-order valence-corrected chi connectivity index (χ4v) is 7.42. The van der Waals surface area contributed by atoms with E-state index in [4.69, 9.17) is 14.2 Å². The van der Waals surface area contributed by atoms with Crippen molar-refractivity contribution in [2.24, 2.45) is 10.8 Å². The lowest BCUT2D eigenvalue weighted by molar-refractivity contribution is -0.119. The molecule has 2 aromatic carbocycles. The van der Waals surface area contributed by atoms with Crippen LogP contribution in [0.5, 0.6) is 11.5 Å². The number of ketones is 2. The van der Waals surface area contributed by atoms with E-state index in [-0.39, 0.29) is 34.8 Å². The van der Waals surface area contributed by atoms with E-state index in [2.05, 4.69) is 48.5 Å². The largest absolute Gasteiger partial charge is 0.493 e. The molecule has 2 aliphatic carbocycles. The molecule has 6 nitrogen and oxygen atoms in total. The minimum atomic E-state index is -0.502. The van der Waals surface area contributed by atoms with Gasteiger partial charge in [0, 0.05) is 61.6 Å². The van der Waals surface area contributed by atoms with Gasteiger partial charge in [0.05, 0.1) is 11.6 Å². The SMILES string of the molecule is COCCCN1C2=C(C(=O)CC(C)(C)C2)C(c2cc(Br)c(OCc3cccc(F)c3)c(OC)c2)C2=C1CC(C)(C)CC2=O. The second-order valence-electron chi connectivity index (χ2n) is 13.5. The van der Waals surface area contributed by atoms with Crippen LogP contribution in [0.2, 0.25) is 0 Å². The molecule has 0 saturated carbocycles. The highest BCUT2D eigenvalue weighted by molar-refractivity contribution is 9.10. The van der Waals surface area contributed by atoms with Crippen molar-refractivity contribution in [3.8, 4) is 11.5 Å². The van der Waals surface area contributed by atoms with Gasteiger partial charge in [-0.25, -0.2) is 4.39 Å². The van der Waals surface area contributed by atoms with Gasteiger partial charge in [0.2, 0.25) is 0 Å². The molecule has 5 rings (SSSR count). The number of hydrogen-bond donors (Lipinski definition) is 0. The molecule has 3 aliphatic rings. The molecule has 1 aliphatic heterocycles. The first-order valence-corrected chi connectivity index (χ1v) is 15.7. The highest BCUT2D eigenvalue weighted by Gasteiger charge is 2.49. The Morgan fingerprint density at radius 1 is 0.930 bits per heavy atom. The van der Waals surface area contributed by atoms with Gasteiger partial charge in [-0.2, -0.15) is 0 Å². The van der Waals surface area contributed by atoms with E-state index in [1.54, 1.807) is 26.4 Å². The molecule has 0 spiro atoms. The number of allylic oxidation sites excluding steroid dienone is 4. The Labute approximate surface area is 262 Å². The summed E-state index contributed by atoms with van der Waals surface area (Å²) >= 11 is 3.68. The number of carbonyl (C=O) groups is 2. The van der Waals surface area contributed by atoms with Crippen LogP contribution in [-0.4, -0.2) is 43.8 Å². The summed E-state index contributed by atoms with van der Waals surface area (Å²) < 4.78 is 31.7. The Kier molecular flexibility index (Phi) is 8.92. The zero-order valence-electron chi connectivity index (χ0n) is 25.9. The summed E-state index contributed by atoms with van der Waals surface area (Å²) in [5.74, 6) is 0.281. The van der Waals surface area contributed by atoms with E-state index in [0.717, 1.165) is 36.2 Å². The Bertz CT molecular complexity index is 1450. The third-order valence-electron chi connectivity index (χ3n) is 8.61. The normalized spacial score (nSPS) is 19.9. The maximum atomic E-state index is 14.1. The summed E-state index contributed by atoms with van der Waals surface area (Å²) in [6, 6.07) is 10.1. The zero-order chi connectivity index (χ0) is 31.1. The molecule has 0 aromatic heterocycles. The molecule has 0 saturated heterocycles. The molecule has 1 heterocycles. The van der Waals surface area contributed by atoms with E-state index in [1.165, 1.54) is 12.1 Å². The second-order valence-corrected chi connectivity index (χ2v) is 14.3. The summed E-state index contributed by atoms with van der Waals surface area (Å²) in [5.41, 5.74) is 4.57. The molecule has 0 amide bonds. The van der Waals surface area contributed by atoms with Crippen molar-refractivity contribution in [1.29, 1.82) is 0 Å². The second kappa shape index (κ2) is 12.2. The van der Waals surface area contributed by atoms with E-state index in [0.29, 0.717) is 58.7 Å². The number of hydrogen-bond acceptors (Lipinski definition) is 6. The van der Waals surface area contributed by atoms with E-state index in [9.17, 15) is 14.0 Å². The van der Waals surface area contributed by atoms with Gasteiger partial charge in [-0.05, 0) is 81.4 Å². The molecule has 0 unspecified atom stereocenters. The number of carbonyl (C=O) groups excluding carboxylic acids is 2. The minimum absolute atomic E-state index is 0.0821. The van der Waals surface area contributed by atoms with Crippen LogP contribution < -0.4 is 9.47 Å². The van der Waals surface area contributed by atoms with Gasteiger partial charge in [-0.15, -0.1) is 0 Å². The molecule has 230 valence electrons. The van der Waals surface area contributed by atoms with Gasteiger partial charge in [-0.3, -0.25) is 9.59 Å². The van der Waals surface area contributed by atoms with Gasteiger partial charge in [-0.1, -0.05) is 39.8 Å². The van der Waals surface area contributed by atoms with Crippen molar-refractivity contribution in [2.75, 3.05) is 27.4 Å². The van der Waals surface area contributed by atoms with Gasteiger partial charge >= 0.3 is 0 Å². The van der Waals surface area contributed by atoms with Crippen molar-refractivity contribution in [2.45, 2.75) is 72.3 Å². The first-order chi connectivity index (χ1) is 20.3. The molecule has 0 fully saturated rings. The lowest BCUT2D eigenvalue weighted by Crippen LogP contribution is -2.44. The van der Waals surface area contributed by atoms with Crippen LogP contribution in [0.1, 0.15) is 76.8 Å². The number of methoxy groups -OCH3 is 2. The fourth-order valence-electron chi connectivity index (χ4n) is 6.85. The van der Waals surface area contributed by atoms with E-state index < -0.39 is 5.92 Å². The Balaban J connectivity index is 1.64. The summed E-state index contributed by atoms with van der Waals surface area (Å²) in [5, 5.41) is 0. The van der Waals surface area contributed by atoms with Gasteiger partial charge in [0.15, 0.2) is 23.1 Å². The Morgan fingerprint density at radius 3 is 2.12 bits per heavy atom. The monoisotopic (exact) mass is 653 g/mol. The molecule has 8 heteroatoms. The standard InChI is InChI=1S/C35H41BrFNO5/c1-34(2)16-25-31(27(39)18-34)30(32-26(38(25)11-8-12-41-5)17-35(3,4)19-28(32)40)22-14-24(36)33(29(15-22)42-6)43-20-21-9-7-10-23(37)13-21/h7,9-10,13-15,30H,8,11-12,16-20H2,1-6H3. The maximum absolute atomic E-state index is 14.1. The minimum Gasteiger partial charge on any atom is -0.493 e. The van der Waals surface area contributed by atoms with E-state index >= 15 is 0 Å². The quantitative estimate of drug-likeness (QED) is 0.256. The van der Waals surface area contributed by atoms with Gasteiger partial charge in [0.1, 0.15) is 12.4 Å². The molecule has 0 atom stereocenters. The predicted octanol–water partition coefficient (Wildman–Crippen LogP) is 7.90. The van der Waals surface area contributed by atoms with Crippen LogP contribution in [0, 0.1) is 16.6 Å². The van der Waals surface area contributed by atoms with E-state index in [1.807, 2.05) is 12.1 Å². The highest BCUT2D eigenvalue weighted by atomic mass is 79.9. The fraction of sp³-hybridized carbons (Fsp3) is 0.486. The lowest BCUT2D eigenvalue weighted by Gasteiger charge is -2.49. The van der Waals surface area contributed by atoms with Crippen molar-refractivity contribution in [3.63, 3.8) is 0 Å². The maximum Gasteiger partial charge on any atom is 0.175 e. The number of Topliss-reactive ketones (excluding diaryl/α,β-unsaturated/α-hetero) is 2. The predicted molar refractivity (Wildman–Crippen MR) is 167 cm³/mol.